The lowest BCUT2D eigenvalue weighted by Crippen LogP contribution is -2.44. The van der Waals surface area contributed by atoms with Gasteiger partial charge in [0, 0.05) is 12.2 Å². The first kappa shape index (κ1) is 16.3. The van der Waals surface area contributed by atoms with Gasteiger partial charge in [0.05, 0.1) is 18.8 Å². The molecule has 1 aliphatic rings. The van der Waals surface area contributed by atoms with Crippen molar-refractivity contribution in [3.8, 4) is 5.75 Å². The summed E-state index contributed by atoms with van der Waals surface area (Å²) >= 11 is 0. The smallest absolute Gasteiger partial charge is 0.123 e. The van der Waals surface area contributed by atoms with Crippen molar-refractivity contribution in [1.29, 1.82) is 0 Å². The third-order valence-electron chi connectivity index (χ3n) is 4.46. The SMILES string of the molecule is CCCNC(c1ccccc1OC)C1(OCC)CCCC1. The number of para-hydroxylation sites is 1. The van der Waals surface area contributed by atoms with Crippen molar-refractivity contribution in [1.82, 2.24) is 5.32 Å². The van der Waals surface area contributed by atoms with Gasteiger partial charge in [-0.25, -0.2) is 0 Å². The van der Waals surface area contributed by atoms with Crippen LogP contribution in [0.15, 0.2) is 24.3 Å². The van der Waals surface area contributed by atoms with E-state index in [1.54, 1.807) is 7.11 Å². The molecule has 21 heavy (non-hydrogen) atoms. The first-order chi connectivity index (χ1) is 10.3. The number of nitrogens with one attached hydrogen (secondary N) is 1. The molecule has 2 rings (SSSR count). The van der Waals surface area contributed by atoms with E-state index in [0.717, 1.165) is 38.2 Å². The van der Waals surface area contributed by atoms with E-state index in [0.29, 0.717) is 0 Å². The van der Waals surface area contributed by atoms with Crippen LogP contribution in [0.4, 0.5) is 0 Å². The average Bonchev–Trinajstić information content (AvgIpc) is 2.98. The second-order valence-corrected chi connectivity index (χ2v) is 5.83. The van der Waals surface area contributed by atoms with Gasteiger partial charge in [-0.1, -0.05) is 38.0 Å². The molecular formula is C18H29NO2. The predicted molar refractivity (Wildman–Crippen MR) is 86.9 cm³/mol. The maximum Gasteiger partial charge on any atom is 0.123 e. The third kappa shape index (κ3) is 3.58. The molecule has 1 unspecified atom stereocenters. The molecular weight excluding hydrogens is 262 g/mol. The molecule has 1 N–H and O–H groups in total. The molecule has 0 heterocycles. The van der Waals surface area contributed by atoms with E-state index in [2.05, 4.69) is 31.3 Å². The molecule has 1 aromatic carbocycles. The molecule has 0 saturated heterocycles. The lowest BCUT2D eigenvalue weighted by molar-refractivity contribution is -0.0630. The summed E-state index contributed by atoms with van der Waals surface area (Å²) in [6.45, 7) is 6.06. The highest BCUT2D eigenvalue weighted by Crippen LogP contribution is 2.45. The molecule has 3 heteroatoms. The minimum Gasteiger partial charge on any atom is -0.496 e. The van der Waals surface area contributed by atoms with Gasteiger partial charge in [-0.3, -0.25) is 0 Å². The van der Waals surface area contributed by atoms with Crippen LogP contribution in [-0.4, -0.2) is 25.9 Å². The van der Waals surface area contributed by atoms with Crippen LogP contribution in [0.2, 0.25) is 0 Å². The van der Waals surface area contributed by atoms with Crippen molar-refractivity contribution in [2.45, 2.75) is 57.6 Å². The summed E-state index contributed by atoms with van der Waals surface area (Å²) in [5.41, 5.74) is 1.14. The van der Waals surface area contributed by atoms with Gasteiger partial charge >= 0.3 is 0 Å². The molecule has 118 valence electrons. The molecule has 1 aliphatic carbocycles. The van der Waals surface area contributed by atoms with Crippen LogP contribution in [0.3, 0.4) is 0 Å². The summed E-state index contributed by atoms with van der Waals surface area (Å²) in [5.74, 6) is 0.956. The Labute approximate surface area is 129 Å². The normalized spacial score (nSPS) is 18.6. The Morgan fingerprint density at radius 2 is 1.90 bits per heavy atom. The van der Waals surface area contributed by atoms with Crippen molar-refractivity contribution in [2.75, 3.05) is 20.3 Å². The van der Waals surface area contributed by atoms with Crippen LogP contribution in [0.5, 0.6) is 5.75 Å². The number of ether oxygens (including phenoxy) is 2. The lowest BCUT2D eigenvalue weighted by Gasteiger charge is -2.39. The van der Waals surface area contributed by atoms with Crippen LogP contribution in [-0.2, 0) is 4.74 Å². The van der Waals surface area contributed by atoms with E-state index in [-0.39, 0.29) is 11.6 Å². The van der Waals surface area contributed by atoms with Crippen LogP contribution in [0.1, 0.15) is 57.6 Å². The van der Waals surface area contributed by atoms with Crippen LogP contribution < -0.4 is 10.1 Å². The third-order valence-corrected chi connectivity index (χ3v) is 4.46. The van der Waals surface area contributed by atoms with E-state index in [4.69, 9.17) is 9.47 Å². The van der Waals surface area contributed by atoms with Crippen molar-refractivity contribution in [3.05, 3.63) is 29.8 Å². The first-order valence-corrected chi connectivity index (χ1v) is 8.27. The van der Waals surface area contributed by atoms with Gasteiger partial charge in [0.25, 0.3) is 0 Å². The number of methoxy groups -OCH3 is 1. The molecule has 0 aliphatic heterocycles. The summed E-state index contributed by atoms with van der Waals surface area (Å²) in [4.78, 5) is 0. The molecule has 1 atom stereocenters. The topological polar surface area (TPSA) is 30.5 Å². The molecule has 1 aromatic rings. The van der Waals surface area contributed by atoms with Crippen molar-refractivity contribution < 1.29 is 9.47 Å². The Kier molecular flexibility index (Phi) is 6.07. The van der Waals surface area contributed by atoms with Crippen molar-refractivity contribution >= 4 is 0 Å². The van der Waals surface area contributed by atoms with E-state index >= 15 is 0 Å². The Balaban J connectivity index is 2.36. The average molecular weight is 291 g/mol. The zero-order valence-electron chi connectivity index (χ0n) is 13.7. The maximum absolute atomic E-state index is 6.29. The number of benzene rings is 1. The molecule has 0 amide bonds. The Morgan fingerprint density at radius 1 is 1.19 bits per heavy atom. The summed E-state index contributed by atoms with van der Waals surface area (Å²) in [6.07, 6.45) is 5.87. The summed E-state index contributed by atoms with van der Waals surface area (Å²) in [5, 5.41) is 3.72. The van der Waals surface area contributed by atoms with Crippen LogP contribution in [0.25, 0.3) is 0 Å². The van der Waals surface area contributed by atoms with E-state index < -0.39 is 0 Å². The molecule has 3 nitrogen and oxygen atoms in total. The molecule has 1 saturated carbocycles. The highest BCUT2D eigenvalue weighted by Gasteiger charge is 2.43. The van der Waals surface area contributed by atoms with E-state index in [9.17, 15) is 0 Å². The standard InChI is InChI=1S/C18H29NO2/c1-4-14-19-17(15-10-6-7-11-16(15)20-3)18(21-5-2)12-8-9-13-18/h6-7,10-11,17,19H,4-5,8-9,12-14H2,1-3H3. The largest absolute Gasteiger partial charge is 0.496 e. The van der Waals surface area contributed by atoms with Crippen molar-refractivity contribution in [2.24, 2.45) is 0 Å². The van der Waals surface area contributed by atoms with Gasteiger partial charge in [0.2, 0.25) is 0 Å². The number of hydrogen-bond donors (Lipinski definition) is 1. The Morgan fingerprint density at radius 3 is 2.52 bits per heavy atom. The van der Waals surface area contributed by atoms with Gasteiger partial charge in [-0.15, -0.1) is 0 Å². The zero-order valence-corrected chi connectivity index (χ0v) is 13.7. The highest BCUT2D eigenvalue weighted by molar-refractivity contribution is 5.38. The van der Waals surface area contributed by atoms with Crippen LogP contribution in [0, 0.1) is 0 Å². The summed E-state index contributed by atoms with van der Waals surface area (Å²) in [6, 6.07) is 8.54. The van der Waals surface area contributed by atoms with Gasteiger partial charge in [0.15, 0.2) is 0 Å². The quantitative estimate of drug-likeness (QED) is 0.782. The molecule has 0 spiro atoms. The maximum atomic E-state index is 6.29. The van der Waals surface area contributed by atoms with Crippen LogP contribution >= 0.6 is 0 Å². The van der Waals surface area contributed by atoms with Gasteiger partial charge in [-0.2, -0.15) is 0 Å². The summed E-state index contributed by atoms with van der Waals surface area (Å²) in [7, 11) is 1.75. The second-order valence-electron chi connectivity index (χ2n) is 5.83. The van der Waals surface area contributed by atoms with Gasteiger partial charge in [0.1, 0.15) is 5.75 Å². The second kappa shape index (κ2) is 7.81. The Bertz CT molecular complexity index is 427. The van der Waals surface area contributed by atoms with E-state index in [1.807, 2.05) is 12.1 Å². The molecule has 0 radical (unpaired) electrons. The molecule has 1 fully saturated rings. The minimum atomic E-state index is -0.0848. The molecule has 0 bridgehead atoms. The minimum absolute atomic E-state index is 0.0848. The monoisotopic (exact) mass is 291 g/mol. The van der Waals surface area contributed by atoms with E-state index in [1.165, 1.54) is 18.4 Å². The fourth-order valence-corrected chi connectivity index (χ4v) is 3.55. The fourth-order valence-electron chi connectivity index (χ4n) is 3.55. The predicted octanol–water partition coefficient (Wildman–Crippen LogP) is 4.09. The molecule has 0 aromatic heterocycles. The van der Waals surface area contributed by atoms with Gasteiger partial charge < -0.3 is 14.8 Å². The number of hydrogen-bond acceptors (Lipinski definition) is 3. The first-order valence-electron chi connectivity index (χ1n) is 8.27. The van der Waals surface area contributed by atoms with Crippen molar-refractivity contribution in [3.63, 3.8) is 0 Å². The highest BCUT2D eigenvalue weighted by atomic mass is 16.5. The lowest BCUT2D eigenvalue weighted by atomic mass is 9.86. The van der Waals surface area contributed by atoms with Gasteiger partial charge in [-0.05, 0) is 38.8 Å². The number of rotatable bonds is 8. The zero-order chi connectivity index (χ0) is 15.1. The summed E-state index contributed by atoms with van der Waals surface area (Å²) < 4.78 is 11.9. The fraction of sp³-hybridized carbons (Fsp3) is 0.667. The Hall–Kier alpha value is -1.06.